The van der Waals surface area contributed by atoms with Crippen molar-refractivity contribution in [2.24, 2.45) is 0 Å². The number of amides is 3. The molecule has 2 heterocycles. The van der Waals surface area contributed by atoms with Crippen LogP contribution in [0.1, 0.15) is 52.1 Å². The number of carbonyl (C=O) groups excluding carboxylic acids is 3. The number of anilines is 1. The summed E-state index contributed by atoms with van der Waals surface area (Å²) in [6.07, 6.45) is -0.270. The lowest BCUT2D eigenvalue weighted by Crippen LogP contribution is -2.32. The molecule has 1 aromatic heterocycles. The van der Waals surface area contributed by atoms with Crippen LogP contribution in [0.5, 0.6) is 0 Å². The number of nitrogens with one attached hydrogen (secondary N) is 4. The maximum absolute atomic E-state index is 13.7. The van der Waals surface area contributed by atoms with Gasteiger partial charge in [-0.3, -0.25) is 14.4 Å². The van der Waals surface area contributed by atoms with Crippen LogP contribution in [0, 0.1) is 19.7 Å². The third-order valence-electron chi connectivity index (χ3n) is 6.11. The number of H-pyrrole nitrogens is 1. The molecule has 0 radical (unpaired) electrons. The number of aryl methyl sites for hydroxylation is 1. The Morgan fingerprint density at radius 1 is 1.16 bits per heavy atom. The van der Waals surface area contributed by atoms with Crippen LogP contribution in [0.15, 0.2) is 18.2 Å². The third-order valence-corrected chi connectivity index (χ3v) is 6.11. The summed E-state index contributed by atoms with van der Waals surface area (Å²) in [5.74, 6) is -1.51. The van der Waals surface area contributed by atoms with Crippen molar-refractivity contribution in [1.82, 2.24) is 15.6 Å². The summed E-state index contributed by atoms with van der Waals surface area (Å²) in [6, 6.07) is 4.06. The zero-order chi connectivity index (χ0) is 27.1. The van der Waals surface area contributed by atoms with Crippen LogP contribution in [-0.2, 0) is 14.3 Å². The smallest absolute Gasteiger partial charge is 0.256 e. The van der Waals surface area contributed by atoms with E-state index in [1.54, 1.807) is 19.9 Å². The van der Waals surface area contributed by atoms with Gasteiger partial charge in [0.05, 0.1) is 36.4 Å². The van der Waals surface area contributed by atoms with Crippen molar-refractivity contribution >= 4 is 35.1 Å². The van der Waals surface area contributed by atoms with E-state index in [1.165, 1.54) is 25.3 Å². The normalized spacial score (nSPS) is 15.3. The van der Waals surface area contributed by atoms with Crippen LogP contribution >= 0.6 is 0 Å². The van der Waals surface area contributed by atoms with Gasteiger partial charge in [0.2, 0.25) is 5.91 Å². The second-order valence-corrected chi connectivity index (χ2v) is 9.00. The van der Waals surface area contributed by atoms with Crippen molar-refractivity contribution in [3.8, 4) is 0 Å². The number of aromatic nitrogens is 1. The molecule has 10 nitrogen and oxygen atoms in total. The number of rotatable bonds is 12. The molecule has 0 spiro atoms. The maximum atomic E-state index is 13.7. The molecule has 6 N–H and O–H groups in total. The molecular formula is C26H33FN4O6. The molecule has 1 aromatic carbocycles. The average molecular weight is 517 g/mol. The van der Waals surface area contributed by atoms with Crippen molar-refractivity contribution in [2.45, 2.75) is 45.3 Å². The van der Waals surface area contributed by atoms with E-state index in [2.05, 4.69) is 20.9 Å². The molecule has 1 aliphatic rings. The quantitative estimate of drug-likeness (QED) is 0.186. The molecule has 0 saturated heterocycles. The van der Waals surface area contributed by atoms with E-state index in [1.807, 2.05) is 0 Å². The van der Waals surface area contributed by atoms with Crippen molar-refractivity contribution < 1.29 is 33.7 Å². The lowest BCUT2D eigenvalue weighted by Gasteiger charge is -2.16. The second kappa shape index (κ2) is 12.6. The number of aromatic amines is 1. The number of benzene rings is 1. The largest absolute Gasteiger partial charge is 0.393 e. The first-order valence-electron chi connectivity index (χ1n) is 12.0. The Balaban J connectivity index is 1.56. The van der Waals surface area contributed by atoms with Crippen molar-refractivity contribution in [1.29, 1.82) is 0 Å². The van der Waals surface area contributed by atoms with Crippen LogP contribution in [0.2, 0.25) is 0 Å². The van der Waals surface area contributed by atoms with E-state index >= 15 is 0 Å². The molecule has 0 aliphatic carbocycles. The number of aliphatic hydroxyl groups excluding tert-OH is 2. The molecule has 0 saturated carbocycles. The molecule has 3 amide bonds. The fourth-order valence-corrected chi connectivity index (χ4v) is 4.24. The van der Waals surface area contributed by atoms with Crippen molar-refractivity contribution in [3.63, 3.8) is 0 Å². The lowest BCUT2D eigenvalue weighted by molar-refractivity contribution is -0.123. The van der Waals surface area contributed by atoms with E-state index in [0.29, 0.717) is 52.5 Å². The van der Waals surface area contributed by atoms with Gasteiger partial charge in [0, 0.05) is 42.8 Å². The Morgan fingerprint density at radius 3 is 2.65 bits per heavy atom. The topological polar surface area (TPSA) is 153 Å². The summed E-state index contributed by atoms with van der Waals surface area (Å²) in [5, 5.41) is 28.3. The molecule has 0 unspecified atom stereocenters. The Labute approximate surface area is 214 Å². The summed E-state index contributed by atoms with van der Waals surface area (Å²) in [7, 11) is 1.52. The second-order valence-electron chi connectivity index (χ2n) is 9.00. The van der Waals surface area contributed by atoms with Gasteiger partial charge >= 0.3 is 0 Å². The summed E-state index contributed by atoms with van der Waals surface area (Å²) >= 11 is 0. The monoisotopic (exact) mass is 516 g/mol. The van der Waals surface area contributed by atoms with Gasteiger partial charge in [-0.05, 0) is 56.5 Å². The number of ether oxygens (including phenoxy) is 1. The zero-order valence-corrected chi connectivity index (χ0v) is 21.1. The Hall–Kier alpha value is -3.54. The minimum absolute atomic E-state index is 0.00235. The number of aliphatic hydroxyl groups is 2. The fourth-order valence-electron chi connectivity index (χ4n) is 4.24. The maximum Gasteiger partial charge on any atom is 0.256 e. The predicted molar refractivity (Wildman–Crippen MR) is 136 cm³/mol. The first-order chi connectivity index (χ1) is 17.6. The van der Waals surface area contributed by atoms with Crippen LogP contribution in [0.3, 0.4) is 0 Å². The predicted octanol–water partition coefficient (Wildman–Crippen LogP) is 1.65. The molecule has 37 heavy (non-hydrogen) atoms. The summed E-state index contributed by atoms with van der Waals surface area (Å²) in [4.78, 5) is 40.1. The molecular weight excluding hydrogens is 483 g/mol. The van der Waals surface area contributed by atoms with Crippen LogP contribution in [0.4, 0.5) is 10.1 Å². The molecule has 200 valence electrons. The van der Waals surface area contributed by atoms with Gasteiger partial charge in [0.15, 0.2) is 0 Å². The molecule has 0 fully saturated rings. The van der Waals surface area contributed by atoms with E-state index in [9.17, 15) is 29.0 Å². The highest BCUT2D eigenvalue weighted by molar-refractivity contribution is 6.34. The highest BCUT2D eigenvalue weighted by Gasteiger charge is 2.26. The Morgan fingerprint density at radius 2 is 1.92 bits per heavy atom. The van der Waals surface area contributed by atoms with Crippen molar-refractivity contribution in [2.75, 3.05) is 32.1 Å². The van der Waals surface area contributed by atoms with E-state index < -0.39 is 18.0 Å². The lowest BCUT2D eigenvalue weighted by atomic mass is 10.0. The molecule has 1 aliphatic heterocycles. The molecule has 0 bridgehead atoms. The van der Waals surface area contributed by atoms with Crippen LogP contribution in [0.25, 0.3) is 11.6 Å². The number of halogens is 1. The van der Waals surface area contributed by atoms with Gasteiger partial charge in [-0.25, -0.2) is 4.39 Å². The number of fused-ring (bicyclic) bond motifs is 1. The molecule has 11 heteroatoms. The minimum atomic E-state index is -1.01. The number of methoxy groups -OCH3 is 1. The summed E-state index contributed by atoms with van der Waals surface area (Å²) in [6.45, 7) is 4.34. The van der Waals surface area contributed by atoms with Crippen LogP contribution < -0.4 is 16.0 Å². The third kappa shape index (κ3) is 7.25. The van der Waals surface area contributed by atoms with Gasteiger partial charge in [-0.15, -0.1) is 0 Å². The molecule has 2 aromatic rings. The zero-order valence-electron chi connectivity index (χ0n) is 21.1. The standard InChI is InChI=1S/C26H33FN4O6/c1-14-22(13-20-19-10-16(27)4-5-21(19)31-25(20)35)30-15(2)24(14)26(36)29-7-6-17(32)11-18(33)12-23(34)28-8-9-37-3/h4-5,10,13,17-18,30,32-33H,6-9,11-12H2,1-3H3,(H,28,34)(H,29,36)(H,31,35)/b20-13-/t17-,18-/m1/s1. The fraction of sp³-hybridized carbons (Fsp3) is 0.423. The molecule has 3 rings (SSSR count). The van der Waals surface area contributed by atoms with Gasteiger partial charge < -0.3 is 35.9 Å². The van der Waals surface area contributed by atoms with Crippen molar-refractivity contribution in [3.05, 3.63) is 52.1 Å². The van der Waals surface area contributed by atoms with E-state index in [0.717, 1.165) is 0 Å². The van der Waals surface area contributed by atoms with E-state index in [4.69, 9.17) is 4.74 Å². The Bertz CT molecular complexity index is 1190. The summed E-state index contributed by atoms with van der Waals surface area (Å²) in [5.41, 5.74) is 3.44. The summed E-state index contributed by atoms with van der Waals surface area (Å²) < 4.78 is 18.6. The van der Waals surface area contributed by atoms with Gasteiger partial charge in [-0.1, -0.05) is 0 Å². The molecule has 2 atom stereocenters. The SMILES string of the molecule is COCCNC(=O)C[C@H](O)C[C@H](O)CCNC(=O)c1c(C)[nH]c(/C=C2\C(=O)Nc3ccc(F)cc32)c1C. The first-order valence-corrected chi connectivity index (χ1v) is 12.0. The number of carbonyl (C=O) groups is 3. The first kappa shape index (κ1) is 28.0. The Kier molecular flexibility index (Phi) is 9.56. The van der Waals surface area contributed by atoms with Gasteiger partial charge in [0.1, 0.15) is 5.82 Å². The van der Waals surface area contributed by atoms with Gasteiger partial charge in [0.25, 0.3) is 11.8 Å². The van der Waals surface area contributed by atoms with Crippen LogP contribution in [-0.4, -0.2) is 71.9 Å². The number of hydrogen-bond donors (Lipinski definition) is 6. The number of hydrogen-bond acceptors (Lipinski definition) is 6. The van der Waals surface area contributed by atoms with Gasteiger partial charge in [-0.2, -0.15) is 0 Å². The highest BCUT2D eigenvalue weighted by Crippen LogP contribution is 2.34. The average Bonchev–Trinajstić information content (AvgIpc) is 3.28. The van der Waals surface area contributed by atoms with E-state index in [-0.39, 0.29) is 43.5 Å². The minimum Gasteiger partial charge on any atom is -0.393 e. The highest BCUT2D eigenvalue weighted by atomic mass is 19.1.